The van der Waals surface area contributed by atoms with Gasteiger partial charge in [-0.05, 0) is 56.5 Å². The summed E-state index contributed by atoms with van der Waals surface area (Å²) in [7, 11) is 0. The van der Waals surface area contributed by atoms with E-state index in [1.54, 1.807) is 19.1 Å². The van der Waals surface area contributed by atoms with Crippen LogP contribution in [-0.2, 0) is 20.9 Å². The van der Waals surface area contributed by atoms with Crippen molar-refractivity contribution in [3.63, 3.8) is 0 Å². The van der Waals surface area contributed by atoms with Crippen molar-refractivity contribution in [2.45, 2.75) is 47.2 Å². The van der Waals surface area contributed by atoms with Gasteiger partial charge in [-0.3, -0.25) is 4.79 Å². The number of ether oxygens (including phenoxy) is 1. The number of amides is 1. The van der Waals surface area contributed by atoms with Crippen molar-refractivity contribution in [3.8, 4) is 6.07 Å². The van der Waals surface area contributed by atoms with Crippen molar-refractivity contribution in [1.29, 1.82) is 5.26 Å². The third-order valence-electron chi connectivity index (χ3n) is 4.48. The molecule has 7 heteroatoms. The number of aromatic nitrogens is 1. The molecule has 29 heavy (non-hydrogen) atoms. The number of hydrogen-bond acceptors (Lipinski definition) is 5. The van der Waals surface area contributed by atoms with Crippen LogP contribution in [0.3, 0.4) is 0 Å². The van der Waals surface area contributed by atoms with E-state index in [4.69, 9.17) is 9.15 Å². The molecule has 0 bridgehead atoms. The summed E-state index contributed by atoms with van der Waals surface area (Å²) in [5.41, 5.74) is 2.66. The lowest BCUT2D eigenvalue weighted by Gasteiger charge is -2.12. The van der Waals surface area contributed by atoms with Crippen LogP contribution in [0, 0.1) is 31.1 Å². The zero-order chi connectivity index (χ0) is 21.6. The zero-order valence-electron chi connectivity index (χ0n) is 17.5. The zero-order valence-corrected chi connectivity index (χ0v) is 17.5. The average Bonchev–Trinajstić information content (AvgIpc) is 3.28. The van der Waals surface area contributed by atoms with Gasteiger partial charge in [0.05, 0.1) is 12.3 Å². The maximum atomic E-state index is 12.3. The van der Waals surface area contributed by atoms with E-state index in [0.717, 1.165) is 23.5 Å². The number of aryl methyl sites for hydroxylation is 1. The molecule has 2 aromatic heterocycles. The van der Waals surface area contributed by atoms with Crippen molar-refractivity contribution in [3.05, 3.63) is 52.7 Å². The van der Waals surface area contributed by atoms with Gasteiger partial charge in [-0.15, -0.1) is 0 Å². The molecule has 0 unspecified atom stereocenters. The van der Waals surface area contributed by atoms with Gasteiger partial charge in [0.15, 0.2) is 6.61 Å². The summed E-state index contributed by atoms with van der Waals surface area (Å²) >= 11 is 0. The van der Waals surface area contributed by atoms with Gasteiger partial charge in [-0.25, -0.2) is 4.79 Å². The van der Waals surface area contributed by atoms with Gasteiger partial charge in [0.25, 0.3) is 5.91 Å². The maximum absolute atomic E-state index is 12.3. The highest BCUT2D eigenvalue weighted by Gasteiger charge is 2.17. The minimum Gasteiger partial charge on any atom is -0.467 e. The minimum atomic E-state index is -0.832. The molecule has 0 aliphatic carbocycles. The van der Waals surface area contributed by atoms with Crippen LogP contribution in [-0.4, -0.2) is 23.1 Å². The summed E-state index contributed by atoms with van der Waals surface area (Å²) < 4.78 is 12.4. The molecule has 0 aliphatic heterocycles. The molecule has 1 amide bonds. The van der Waals surface area contributed by atoms with Crippen molar-refractivity contribution in [2.24, 2.45) is 5.92 Å². The molecule has 2 heterocycles. The van der Waals surface area contributed by atoms with Crippen molar-refractivity contribution >= 4 is 18.0 Å². The lowest BCUT2D eigenvalue weighted by atomic mass is 10.1. The SMILES string of the molecule is Cc1cc(/C=C(\C#N)C(=O)OCC(=O)N[C@H](C)c2ccco2)c(C)n1CC(C)C. The second-order valence-corrected chi connectivity index (χ2v) is 7.38. The minimum absolute atomic E-state index is 0.151. The molecule has 0 aromatic carbocycles. The van der Waals surface area contributed by atoms with Gasteiger partial charge in [0.1, 0.15) is 17.4 Å². The molecule has 1 atom stereocenters. The number of furan rings is 1. The normalized spacial score (nSPS) is 12.5. The predicted octanol–water partition coefficient (Wildman–Crippen LogP) is 3.68. The number of esters is 1. The Morgan fingerprint density at radius 1 is 1.34 bits per heavy atom. The van der Waals surface area contributed by atoms with Crippen LogP contribution >= 0.6 is 0 Å². The molecule has 0 saturated heterocycles. The highest BCUT2D eigenvalue weighted by atomic mass is 16.5. The molecule has 0 aliphatic rings. The number of nitriles is 1. The predicted molar refractivity (Wildman–Crippen MR) is 109 cm³/mol. The number of carbonyl (C=O) groups excluding carboxylic acids is 2. The fourth-order valence-electron chi connectivity index (χ4n) is 3.01. The molecule has 154 valence electrons. The Kier molecular flexibility index (Phi) is 7.43. The monoisotopic (exact) mass is 397 g/mol. The smallest absolute Gasteiger partial charge is 0.349 e. The first-order chi connectivity index (χ1) is 13.7. The largest absolute Gasteiger partial charge is 0.467 e. The fraction of sp³-hybridized carbons (Fsp3) is 0.409. The quantitative estimate of drug-likeness (QED) is 0.416. The van der Waals surface area contributed by atoms with Crippen molar-refractivity contribution < 1.29 is 18.7 Å². The Balaban J connectivity index is 2.02. The van der Waals surface area contributed by atoms with Gasteiger partial charge in [-0.2, -0.15) is 5.26 Å². The van der Waals surface area contributed by atoms with Gasteiger partial charge >= 0.3 is 5.97 Å². The second kappa shape index (κ2) is 9.78. The third kappa shape index (κ3) is 5.85. The Labute approximate surface area is 171 Å². The number of hydrogen-bond donors (Lipinski definition) is 1. The van der Waals surface area contributed by atoms with E-state index in [1.165, 1.54) is 12.3 Å². The van der Waals surface area contributed by atoms with Crippen LogP contribution < -0.4 is 5.32 Å². The molecule has 0 spiro atoms. The van der Waals surface area contributed by atoms with E-state index in [9.17, 15) is 14.9 Å². The first-order valence-corrected chi connectivity index (χ1v) is 9.51. The topological polar surface area (TPSA) is 97.3 Å². The van der Waals surface area contributed by atoms with Gasteiger partial charge in [-0.1, -0.05) is 13.8 Å². The maximum Gasteiger partial charge on any atom is 0.349 e. The number of rotatable bonds is 8. The van der Waals surface area contributed by atoms with Gasteiger partial charge in [0.2, 0.25) is 0 Å². The standard InChI is InChI=1S/C22H27N3O4/c1-14(2)12-25-15(3)9-18(17(25)5)10-19(11-23)22(27)29-13-21(26)24-16(4)20-7-6-8-28-20/h6-10,14,16H,12-13H2,1-5H3,(H,24,26)/b19-10+/t16-/m1/s1. The Bertz CT molecular complexity index is 930. The third-order valence-corrected chi connectivity index (χ3v) is 4.48. The summed E-state index contributed by atoms with van der Waals surface area (Å²) in [5, 5.41) is 12.0. The highest BCUT2D eigenvalue weighted by molar-refractivity contribution is 5.99. The molecule has 0 fully saturated rings. The molecule has 0 radical (unpaired) electrons. The van der Waals surface area contributed by atoms with E-state index in [2.05, 4.69) is 23.7 Å². The molecule has 7 nitrogen and oxygen atoms in total. The molecule has 0 saturated carbocycles. The summed E-state index contributed by atoms with van der Waals surface area (Å²) in [6.45, 7) is 10.3. The molecular formula is C22H27N3O4. The Morgan fingerprint density at radius 3 is 2.66 bits per heavy atom. The number of carbonyl (C=O) groups is 2. The van der Waals surface area contributed by atoms with Crippen LogP contribution in [0.15, 0.2) is 34.5 Å². The molecule has 2 rings (SSSR count). The lowest BCUT2D eigenvalue weighted by Crippen LogP contribution is -2.31. The van der Waals surface area contributed by atoms with E-state index in [1.807, 2.05) is 26.0 Å². The summed E-state index contributed by atoms with van der Waals surface area (Å²) in [6.07, 6.45) is 3.02. The summed E-state index contributed by atoms with van der Waals surface area (Å²) in [4.78, 5) is 24.3. The number of nitrogens with one attached hydrogen (secondary N) is 1. The van der Waals surface area contributed by atoms with Crippen LogP contribution in [0.1, 0.15) is 49.5 Å². The number of nitrogens with zero attached hydrogens (tertiary/aromatic N) is 2. The van der Waals surface area contributed by atoms with Crippen molar-refractivity contribution in [1.82, 2.24) is 9.88 Å². The molecular weight excluding hydrogens is 370 g/mol. The van der Waals surface area contributed by atoms with E-state index in [0.29, 0.717) is 11.7 Å². The first kappa shape index (κ1) is 22.0. The van der Waals surface area contributed by atoms with Gasteiger partial charge in [0, 0.05) is 17.9 Å². The van der Waals surface area contributed by atoms with Crippen LogP contribution in [0.5, 0.6) is 0 Å². The Hall–Kier alpha value is -3.27. The lowest BCUT2D eigenvalue weighted by molar-refractivity contribution is -0.144. The second-order valence-electron chi connectivity index (χ2n) is 7.38. The highest BCUT2D eigenvalue weighted by Crippen LogP contribution is 2.20. The van der Waals surface area contributed by atoms with E-state index in [-0.39, 0.29) is 11.6 Å². The summed E-state index contributed by atoms with van der Waals surface area (Å²) in [5.74, 6) is -0.241. The molecule has 1 N–H and O–H groups in total. The first-order valence-electron chi connectivity index (χ1n) is 9.51. The summed E-state index contributed by atoms with van der Waals surface area (Å²) in [6, 6.07) is 6.90. The van der Waals surface area contributed by atoms with E-state index < -0.39 is 18.5 Å². The molecule has 2 aromatic rings. The average molecular weight is 397 g/mol. The fourth-order valence-corrected chi connectivity index (χ4v) is 3.01. The van der Waals surface area contributed by atoms with Crippen LogP contribution in [0.4, 0.5) is 0 Å². The van der Waals surface area contributed by atoms with Gasteiger partial charge < -0.3 is 19.0 Å². The van der Waals surface area contributed by atoms with E-state index >= 15 is 0 Å². The van der Waals surface area contributed by atoms with Crippen molar-refractivity contribution in [2.75, 3.05) is 6.61 Å². The Morgan fingerprint density at radius 2 is 2.07 bits per heavy atom. The van der Waals surface area contributed by atoms with Crippen LogP contribution in [0.2, 0.25) is 0 Å². The van der Waals surface area contributed by atoms with Crippen LogP contribution in [0.25, 0.3) is 6.08 Å².